The molecule has 0 aliphatic rings. The van der Waals surface area contributed by atoms with Crippen LogP contribution in [0.25, 0.3) is 0 Å². The van der Waals surface area contributed by atoms with Crippen LogP contribution < -0.4 is 0 Å². The zero-order valence-electron chi connectivity index (χ0n) is 9.85. The molecule has 1 heterocycles. The third-order valence-corrected chi connectivity index (χ3v) is 2.92. The lowest BCUT2D eigenvalue weighted by molar-refractivity contribution is 0.169. The largest absolute Gasteiger partial charge is 0.388 e. The van der Waals surface area contributed by atoms with Crippen LogP contribution in [-0.4, -0.2) is 19.9 Å². The number of aliphatic hydroxyl groups is 1. The second-order valence-corrected chi connectivity index (χ2v) is 4.31. The van der Waals surface area contributed by atoms with E-state index in [-0.39, 0.29) is 12.0 Å². The first-order valence-corrected chi connectivity index (χ1v) is 5.99. The zero-order chi connectivity index (χ0) is 13.1. The van der Waals surface area contributed by atoms with Crippen LogP contribution >= 0.6 is 11.6 Å². The first-order valence-electron chi connectivity index (χ1n) is 5.61. The van der Waals surface area contributed by atoms with E-state index >= 15 is 0 Å². The van der Waals surface area contributed by atoms with Crippen molar-refractivity contribution in [2.75, 3.05) is 0 Å². The van der Waals surface area contributed by atoms with Crippen molar-refractivity contribution in [2.45, 2.75) is 26.0 Å². The average molecular weight is 270 g/mol. The maximum atomic E-state index is 13.6. The monoisotopic (exact) mass is 269 g/mol. The molecule has 1 atom stereocenters. The Kier molecular flexibility index (Phi) is 3.93. The van der Waals surface area contributed by atoms with E-state index in [1.165, 1.54) is 24.5 Å². The molecule has 96 valence electrons. The second kappa shape index (κ2) is 5.46. The molecule has 4 nitrogen and oxygen atoms in total. The molecule has 1 unspecified atom stereocenters. The predicted octanol–water partition coefficient (Wildman–Crippen LogP) is 2.37. The van der Waals surface area contributed by atoms with Crippen molar-refractivity contribution in [3.05, 3.63) is 46.8 Å². The number of aromatic nitrogens is 3. The Bertz CT molecular complexity index is 544. The molecular formula is C12H13ClFN3O. The minimum Gasteiger partial charge on any atom is -0.388 e. The molecule has 0 aliphatic carbocycles. The van der Waals surface area contributed by atoms with Gasteiger partial charge in [0, 0.05) is 23.6 Å². The first-order chi connectivity index (χ1) is 8.61. The van der Waals surface area contributed by atoms with Crippen LogP contribution in [0.1, 0.15) is 24.4 Å². The van der Waals surface area contributed by atoms with Gasteiger partial charge < -0.3 is 5.11 Å². The van der Waals surface area contributed by atoms with Gasteiger partial charge in [-0.25, -0.2) is 9.37 Å². The van der Waals surface area contributed by atoms with Gasteiger partial charge in [0.25, 0.3) is 0 Å². The van der Waals surface area contributed by atoms with Crippen molar-refractivity contribution in [1.82, 2.24) is 14.8 Å². The fourth-order valence-corrected chi connectivity index (χ4v) is 1.94. The minimum absolute atomic E-state index is 0.174. The number of aliphatic hydroxyl groups excluding tert-OH is 1. The van der Waals surface area contributed by atoms with Gasteiger partial charge in [0.2, 0.25) is 0 Å². The molecule has 1 aromatic heterocycles. The highest BCUT2D eigenvalue weighted by molar-refractivity contribution is 6.30. The topological polar surface area (TPSA) is 50.9 Å². The lowest BCUT2D eigenvalue weighted by atomic mass is 10.1. The molecule has 18 heavy (non-hydrogen) atoms. The Hall–Kier alpha value is -1.46. The van der Waals surface area contributed by atoms with Crippen molar-refractivity contribution in [3.8, 4) is 0 Å². The van der Waals surface area contributed by atoms with Gasteiger partial charge >= 0.3 is 0 Å². The lowest BCUT2D eigenvalue weighted by Crippen LogP contribution is -2.10. The summed E-state index contributed by atoms with van der Waals surface area (Å²) < 4.78 is 15.2. The number of hydrogen-bond acceptors (Lipinski definition) is 3. The molecule has 6 heteroatoms. The van der Waals surface area contributed by atoms with E-state index in [0.717, 1.165) is 0 Å². The van der Waals surface area contributed by atoms with Crippen molar-refractivity contribution in [2.24, 2.45) is 0 Å². The summed E-state index contributed by atoms with van der Waals surface area (Å²) in [6.45, 7) is 2.57. The normalized spacial score (nSPS) is 12.7. The Balaban J connectivity index is 2.21. The molecule has 0 bridgehead atoms. The van der Waals surface area contributed by atoms with Crippen LogP contribution in [0.4, 0.5) is 4.39 Å². The summed E-state index contributed by atoms with van der Waals surface area (Å²) in [6, 6.07) is 4.11. The summed E-state index contributed by atoms with van der Waals surface area (Å²) in [5.41, 5.74) is 0.174. The summed E-state index contributed by atoms with van der Waals surface area (Å²) in [6.07, 6.45) is 0.628. The Morgan fingerprint density at radius 3 is 3.00 bits per heavy atom. The lowest BCUT2D eigenvalue weighted by Gasteiger charge is -2.12. The predicted molar refractivity (Wildman–Crippen MR) is 65.8 cm³/mol. The van der Waals surface area contributed by atoms with Gasteiger partial charge in [-0.15, -0.1) is 0 Å². The van der Waals surface area contributed by atoms with E-state index < -0.39 is 11.9 Å². The third-order valence-electron chi connectivity index (χ3n) is 2.69. The molecule has 1 aromatic carbocycles. The molecule has 0 spiro atoms. The SMILES string of the molecule is CCn1ncnc1CC(O)c1cc(Cl)ccc1F. The van der Waals surface area contributed by atoms with Crippen LogP contribution in [0.3, 0.4) is 0 Å². The third kappa shape index (κ3) is 2.68. The van der Waals surface area contributed by atoms with Crippen LogP contribution in [0, 0.1) is 5.82 Å². The van der Waals surface area contributed by atoms with E-state index in [1.54, 1.807) is 4.68 Å². The second-order valence-electron chi connectivity index (χ2n) is 3.88. The fraction of sp³-hybridized carbons (Fsp3) is 0.333. The maximum absolute atomic E-state index is 13.6. The molecular weight excluding hydrogens is 257 g/mol. The van der Waals surface area contributed by atoms with Crippen molar-refractivity contribution < 1.29 is 9.50 Å². The minimum atomic E-state index is -0.988. The number of aryl methyl sites for hydroxylation is 1. The zero-order valence-corrected chi connectivity index (χ0v) is 10.6. The highest BCUT2D eigenvalue weighted by atomic mass is 35.5. The first kappa shape index (κ1) is 13.0. The maximum Gasteiger partial charge on any atom is 0.138 e. The van der Waals surface area contributed by atoms with E-state index in [1.807, 2.05) is 6.92 Å². The standard InChI is InChI=1S/C12H13ClFN3O/c1-2-17-12(15-7-16-17)6-11(18)9-5-8(13)3-4-10(9)14/h3-5,7,11,18H,2,6H2,1H3. The van der Waals surface area contributed by atoms with Gasteiger partial charge in [-0.2, -0.15) is 5.10 Å². The van der Waals surface area contributed by atoms with Crippen LogP contribution in [0.5, 0.6) is 0 Å². The summed E-state index contributed by atoms with van der Waals surface area (Å²) in [4.78, 5) is 4.04. The van der Waals surface area contributed by atoms with Crippen LogP contribution in [-0.2, 0) is 13.0 Å². The number of benzene rings is 1. The number of rotatable bonds is 4. The molecule has 0 saturated heterocycles. The molecule has 0 fully saturated rings. The Labute approximate surface area is 109 Å². The highest BCUT2D eigenvalue weighted by Gasteiger charge is 2.16. The molecule has 0 saturated carbocycles. The summed E-state index contributed by atoms with van der Waals surface area (Å²) in [5, 5.41) is 14.4. The van der Waals surface area contributed by atoms with Gasteiger partial charge in [0.05, 0.1) is 6.10 Å². The summed E-state index contributed by atoms with van der Waals surface area (Å²) in [7, 11) is 0. The summed E-state index contributed by atoms with van der Waals surface area (Å²) >= 11 is 5.79. The smallest absolute Gasteiger partial charge is 0.138 e. The molecule has 1 N–H and O–H groups in total. The van der Waals surface area contributed by atoms with Gasteiger partial charge in [0.1, 0.15) is 18.0 Å². The van der Waals surface area contributed by atoms with E-state index in [9.17, 15) is 9.50 Å². The number of nitrogens with zero attached hydrogens (tertiary/aromatic N) is 3. The average Bonchev–Trinajstić information content (AvgIpc) is 2.79. The highest BCUT2D eigenvalue weighted by Crippen LogP contribution is 2.23. The van der Waals surface area contributed by atoms with Gasteiger partial charge in [-0.05, 0) is 25.1 Å². The van der Waals surface area contributed by atoms with Gasteiger partial charge in [0.15, 0.2) is 0 Å². The van der Waals surface area contributed by atoms with E-state index in [0.29, 0.717) is 17.4 Å². The molecule has 0 amide bonds. The van der Waals surface area contributed by atoms with Crippen LogP contribution in [0.2, 0.25) is 5.02 Å². The van der Waals surface area contributed by atoms with Crippen molar-refractivity contribution in [1.29, 1.82) is 0 Å². The van der Waals surface area contributed by atoms with E-state index in [2.05, 4.69) is 10.1 Å². The van der Waals surface area contributed by atoms with Crippen LogP contribution in [0.15, 0.2) is 24.5 Å². The van der Waals surface area contributed by atoms with Crippen molar-refractivity contribution >= 4 is 11.6 Å². The number of halogens is 2. The Morgan fingerprint density at radius 2 is 2.28 bits per heavy atom. The fourth-order valence-electron chi connectivity index (χ4n) is 1.76. The van der Waals surface area contributed by atoms with Gasteiger partial charge in [-0.1, -0.05) is 11.6 Å². The Morgan fingerprint density at radius 1 is 1.50 bits per heavy atom. The van der Waals surface area contributed by atoms with Gasteiger partial charge in [-0.3, -0.25) is 4.68 Å². The molecule has 2 rings (SSSR count). The molecule has 0 radical (unpaired) electrons. The molecule has 2 aromatic rings. The number of hydrogen-bond donors (Lipinski definition) is 1. The molecule has 0 aliphatic heterocycles. The van der Waals surface area contributed by atoms with Crippen molar-refractivity contribution in [3.63, 3.8) is 0 Å². The van der Waals surface area contributed by atoms with E-state index in [4.69, 9.17) is 11.6 Å². The summed E-state index contributed by atoms with van der Waals surface area (Å²) in [5.74, 6) is 0.138. The quantitative estimate of drug-likeness (QED) is 0.927.